The number of piperidine rings is 1. The fourth-order valence-corrected chi connectivity index (χ4v) is 3.09. The lowest BCUT2D eigenvalue weighted by molar-refractivity contribution is 0.0842. The molecule has 0 saturated carbocycles. The highest BCUT2D eigenvalue weighted by Crippen LogP contribution is 2.21. The van der Waals surface area contributed by atoms with Crippen LogP contribution in [0.4, 0.5) is 0 Å². The molecular weight excluding hydrogens is 270 g/mol. The third kappa shape index (κ3) is 3.89. The summed E-state index contributed by atoms with van der Waals surface area (Å²) in [4.78, 5) is 2.52. The van der Waals surface area contributed by atoms with E-state index in [2.05, 4.69) is 67.3 Å². The van der Waals surface area contributed by atoms with E-state index in [4.69, 9.17) is 4.74 Å². The van der Waals surface area contributed by atoms with Gasteiger partial charge < -0.3 is 4.74 Å². The molecule has 2 aromatic carbocycles. The third-order valence-electron chi connectivity index (χ3n) is 4.44. The number of rotatable bonds is 4. The lowest BCUT2D eigenvalue weighted by Gasteiger charge is -2.33. The molecule has 0 spiro atoms. The quantitative estimate of drug-likeness (QED) is 0.831. The first-order valence-electron chi connectivity index (χ1n) is 8.21. The summed E-state index contributed by atoms with van der Waals surface area (Å²) >= 11 is 0. The Morgan fingerprint density at radius 3 is 2.59 bits per heavy atom. The summed E-state index contributed by atoms with van der Waals surface area (Å²) in [5, 5.41) is 0. The monoisotopic (exact) mass is 295 g/mol. The Morgan fingerprint density at radius 1 is 1.05 bits per heavy atom. The Labute approximate surface area is 133 Å². The van der Waals surface area contributed by atoms with Gasteiger partial charge in [0.1, 0.15) is 11.9 Å². The largest absolute Gasteiger partial charge is 0.489 e. The molecule has 3 rings (SSSR count). The minimum Gasteiger partial charge on any atom is -0.489 e. The molecule has 0 amide bonds. The fraction of sp³-hybridized carbons (Fsp3) is 0.400. The second kappa shape index (κ2) is 6.97. The van der Waals surface area contributed by atoms with Crippen LogP contribution in [0, 0.1) is 13.8 Å². The Bertz CT molecular complexity index is 605. The van der Waals surface area contributed by atoms with Crippen molar-refractivity contribution in [3.63, 3.8) is 0 Å². The topological polar surface area (TPSA) is 12.5 Å². The zero-order valence-electron chi connectivity index (χ0n) is 13.6. The van der Waals surface area contributed by atoms with E-state index < -0.39 is 0 Å². The highest BCUT2D eigenvalue weighted by molar-refractivity contribution is 5.27. The molecule has 0 bridgehead atoms. The molecule has 0 aliphatic carbocycles. The maximum Gasteiger partial charge on any atom is 0.119 e. The second-order valence-corrected chi connectivity index (χ2v) is 6.36. The Hall–Kier alpha value is -1.80. The molecule has 1 heterocycles. The lowest BCUT2D eigenvalue weighted by atomic mass is 10.0. The molecule has 1 atom stereocenters. The van der Waals surface area contributed by atoms with E-state index >= 15 is 0 Å². The number of likely N-dealkylation sites (tertiary alicyclic amines) is 1. The Kier molecular flexibility index (Phi) is 4.79. The van der Waals surface area contributed by atoms with Crippen LogP contribution in [0.2, 0.25) is 0 Å². The van der Waals surface area contributed by atoms with Crippen molar-refractivity contribution >= 4 is 0 Å². The van der Waals surface area contributed by atoms with Gasteiger partial charge >= 0.3 is 0 Å². The minimum atomic E-state index is 0.306. The maximum absolute atomic E-state index is 6.17. The van der Waals surface area contributed by atoms with Crippen LogP contribution in [0.25, 0.3) is 0 Å². The van der Waals surface area contributed by atoms with Crippen LogP contribution < -0.4 is 4.74 Å². The summed E-state index contributed by atoms with van der Waals surface area (Å²) in [6.45, 7) is 7.51. The SMILES string of the molecule is Cc1ccc(OC2CCCN(Cc3ccccc3C)C2)cc1. The van der Waals surface area contributed by atoms with E-state index in [9.17, 15) is 0 Å². The van der Waals surface area contributed by atoms with Gasteiger partial charge in [-0.2, -0.15) is 0 Å². The number of hydrogen-bond acceptors (Lipinski definition) is 2. The summed E-state index contributed by atoms with van der Waals surface area (Å²) in [5.74, 6) is 0.994. The van der Waals surface area contributed by atoms with Crippen LogP contribution in [0.3, 0.4) is 0 Å². The maximum atomic E-state index is 6.17. The first kappa shape index (κ1) is 15.1. The second-order valence-electron chi connectivity index (χ2n) is 6.36. The predicted octanol–water partition coefficient (Wildman–Crippen LogP) is 4.35. The molecule has 0 N–H and O–H groups in total. The van der Waals surface area contributed by atoms with Crippen LogP contribution >= 0.6 is 0 Å². The molecule has 2 nitrogen and oxygen atoms in total. The van der Waals surface area contributed by atoms with Crippen molar-refractivity contribution in [2.75, 3.05) is 13.1 Å². The van der Waals surface area contributed by atoms with Gasteiger partial charge in [0.05, 0.1) is 0 Å². The zero-order chi connectivity index (χ0) is 15.4. The number of aryl methyl sites for hydroxylation is 2. The fourth-order valence-electron chi connectivity index (χ4n) is 3.09. The first-order chi connectivity index (χ1) is 10.7. The smallest absolute Gasteiger partial charge is 0.119 e. The summed E-state index contributed by atoms with van der Waals surface area (Å²) in [6.07, 6.45) is 2.67. The number of ether oxygens (including phenoxy) is 1. The minimum absolute atomic E-state index is 0.306. The van der Waals surface area contributed by atoms with Crippen LogP contribution in [0.1, 0.15) is 29.5 Å². The van der Waals surface area contributed by atoms with Gasteiger partial charge in [-0.25, -0.2) is 0 Å². The van der Waals surface area contributed by atoms with E-state index in [0.29, 0.717) is 6.10 Å². The lowest BCUT2D eigenvalue weighted by Crippen LogP contribution is -2.40. The number of benzene rings is 2. The molecule has 1 unspecified atom stereocenters. The van der Waals surface area contributed by atoms with Gasteiger partial charge in [0, 0.05) is 13.1 Å². The summed E-state index contributed by atoms with van der Waals surface area (Å²) in [6, 6.07) is 17.1. The Balaban J connectivity index is 1.59. The number of nitrogens with zero attached hydrogens (tertiary/aromatic N) is 1. The molecular formula is C20H25NO. The highest BCUT2D eigenvalue weighted by Gasteiger charge is 2.21. The summed E-state index contributed by atoms with van der Waals surface area (Å²) in [7, 11) is 0. The van der Waals surface area contributed by atoms with Crippen molar-refractivity contribution in [2.45, 2.75) is 39.3 Å². The van der Waals surface area contributed by atoms with Crippen molar-refractivity contribution in [2.24, 2.45) is 0 Å². The summed E-state index contributed by atoms with van der Waals surface area (Å²) in [5.41, 5.74) is 4.08. The average molecular weight is 295 g/mol. The molecule has 2 aromatic rings. The third-order valence-corrected chi connectivity index (χ3v) is 4.44. The molecule has 1 saturated heterocycles. The Morgan fingerprint density at radius 2 is 1.82 bits per heavy atom. The molecule has 22 heavy (non-hydrogen) atoms. The van der Waals surface area contributed by atoms with Crippen molar-refractivity contribution in [1.82, 2.24) is 4.90 Å². The molecule has 0 radical (unpaired) electrons. The zero-order valence-corrected chi connectivity index (χ0v) is 13.6. The average Bonchev–Trinajstić information content (AvgIpc) is 2.52. The van der Waals surface area contributed by atoms with Gasteiger partial charge in [-0.05, 0) is 56.5 Å². The first-order valence-corrected chi connectivity index (χ1v) is 8.21. The van der Waals surface area contributed by atoms with E-state index in [0.717, 1.165) is 25.3 Å². The summed E-state index contributed by atoms with van der Waals surface area (Å²) < 4.78 is 6.17. The molecule has 0 aromatic heterocycles. The van der Waals surface area contributed by atoms with Crippen molar-refractivity contribution in [3.8, 4) is 5.75 Å². The van der Waals surface area contributed by atoms with Crippen molar-refractivity contribution in [3.05, 3.63) is 65.2 Å². The predicted molar refractivity (Wildman–Crippen MR) is 91.3 cm³/mol. The van der Waals surface area contributed by atoms with Crippen LogP contribution in [0.5, 0.6) is 5.75 Å². The highest BCUT2D eigenvalue weighted by atomic mass is 16.5. The number of hydrogen-bond donors (Lipinski definition) is 0. The van der Waals surface area contributed by atoms with Gasteiger partial charge in [-0.3, -0.25) is 4.90 Å². The van der Waals surface area contributed by atoms with E-state index in [1.807, 2.05) is 0 Å². The van der Waals surface area contributed by atoms with Crippen molar-refractivity contribution in [1.29, 1.82) is 0 Å². The van der Waals surface area contributed by atoms with Crippen molar-refractivity contribution < 1.29 is 4.74 Å². The van der Waals surface area contributed by atoms with Crippen LogP contribution in [-0.4, -0.2) is 24.1 Å². The standard InChI is InChI=1S/C20H25NO/c1-16-9-11-19(12-10-16)22-20-8-5-13-21(15-20)14-18-7-4-3-6-17(18)2/h3-4,6-7,9-12,20H,5,8,13-15H2,1-2H3. The van der Waals surface area contributed by atoms with E-state index in [1.165, 1.54) is 29.7 Å². The molecule has 1 fully saturated rings. The van der Waals surface area contributed by atoms with Gasteiger partial charge in [0.2, 0.25) is 0 Å². The van der Waals surface area contributed by atoms with Gasteiger partial charge in [-0.15, -0.1) is 0 Å². The molecule has 1 aliphatic heterocycles. The molecule has 1 aliphatic rings. The van der Waals surface area contributed by atoms with E-state index in [-0.39, 0.29) is 0 Å². The van der Waals surface area contributed by atoms with E-state index in [1.54, 1.807) is 0 Å². The van der Waals surface area contributed by atoms with Gasteiger partial charge in [0.25, 0.3) is 0 Å². The normalized spacial score (nSPS) is 19.1. The van der Waals surface area contributed by atoms with Crippen LogP contribution in [0.15, 0.2) is 48.5 Å². The molecule has 2 heteroatoms. The van der Waals surface area contributed by atoms with Gasteiger partial charge in [0.15, 0.2) is 0 Å². The van der Waals surface area contributed by atoms with Crippen LogP contribution in [-0.2, 0) is 6.54 Å². The van der Waals surface area contributed by atoms with Gasteiger partial charge in [-0.1, -0.05) is 42.0 Å². The molecule has 116 valence electrons.